The lowest BCUT2D eigenvalue weighted by molar-refractivity contribution is -0.139. The van der Waals surface area contributed by atoms with E-state index < -0.39 is 0 Å². The van der Waals surface area contributed by atoms with E-state index in [0.717, 1.165) is 39.6 Å². The first-order valence-corrected chi connectivity index (χ1v) is 10.0. The van der Waals surface area contributed by atoms with Crippen molar-refractivity contribution in [3.05, 3.63) is 46.0 Å². The highest BCUT2D eigenvalue weighted by Crippen LogP contribution is 2.36. The van der Waals surface area contributed by atoms with Crippen LogP contribution in [0.4, 0.5) is 5.13 Å². The molecule has 0 bridgehead atoms. The molecule has 25 heavy (non-hydrogen) atoms. The molecule has 0 unspecified atom stereocenters. The summed E-state index contributed by atoms with van der Waals surface area (Å²) in [5, 5.41) is 1.76. The summed E-state index contributed by atoms with van der Waals surface area (Å²) in [6.45, 7) is 2.83. The van der Waals surface area contributed by atoms with E-state index in [1.54, 1.807) is 11.8 Å². The maximum atomic E-state index is 11.5. The second kappa shape index (κ2) is 6.80. The third-order valence-electron chi connectivity index (χ3n) is 4.61. The highest BCUT2D eigenvalue weighted by atomic mass is 32.2. The van der Waals surface area contributed by atoms with Crippen LogP contribution in [0, 0.1) is 6.92 Å². The fourth-order valence-electron chi connectivity index (χ4n) is 3.22. The van der Waals surface area contributed by atoms with Crippen LogP contribution in [0.25, 0.3) is 0 Å². The number of benzene rings is 1. The SMILES string of the molecule is COC(=O)Cc1sc(/N=C2/SC[C@@H]3Cc4ccccc4CN23)nc1C. The van der Waals surface area contributed by atoms with Crippen molar-refractivity contribution in [1.82, 2.24) is 9.88 Å². The highest BCUT2D eigenvalue weighted by molar-refractivity contribution is 8.14. The molecule has 1 aromatic heterocycles. The molecule has 4 rings (SSSR count). The van der Waals surface area contributed by atoms with Crippen molar-refractivity contribution >= 4 is 39.4 Å². The van der Waals surface area contributed by atoms with E-state index in [9.17, 15) is 4.79 Å². The van der Waals surface area contributed by atoms with Crippen LogP contribution in [0.3, 0.4) is 0 Å². The van der Waals surface area contributed by atoms with Gasteiger partial charge >= 0.3 is 5.97 Å². The van der Waals surface area contributed by atoms with Gasteiger partial charge in [0.2, 0.25) is 5.13 Å². The summed E-state index contributed by atoms with van der Waals surface area (Å²) in [7, 11) is 1.41. The summed E-state index contributed by atoms with van der Waals surface area (Å²) in [5.74, 6) is 0.820. The van der Waals surface area contributed by atoms with Gasteiger partial charge in [0.05, 0.1) is 19.2 Å². The number of carbonyl (C=O) groups excluding carboxylic acids is 1. The van der Waals surface area contributed by atoms with Gasteiger partial charge in [-0.15, -0.1) is 0 Å². The molecule has 0 radical (unpaired) electrons. The molecule has 0 amide bonds. The van der Waals surface area contributed by atoms with Gasteiger partial charge < -0.3 is 9.64 Å². The molecule has 2 aliphatic heterocycles. The van der Waals surface area contributed by atoms with Crippen molar-refractivity contribution in [2.45, 2.75) is 32.4 Å². The van der Waals surface area contributed by atoms with E-state index in [1.165, 1.54) is 29.6 Å². The largest absolute Gasteiger partial charge is 0.469 e. The number of thiazole rings is 1. The zero-order chi connectivity index (χ0) is 17.4. The number of aliphatic imine (C=N–C) groups is 1. The van der Waals surface area contributed by atoms with Crippen molar-refractivity contribution in [3.8, 4) is 0 Å². The lowest BCUT2D eigenvalue weighted by Gasteiger charge is -2.32. The van der Waals surface area contributed by atoms with Crippen molar-refractivity contribution in [3.63, 3.8) is 0 Å². The molecule has 1 saturated heterocycles. The Morgan fingerprint density at radius 2 is 2.20 bits per heavy atom. The van der Waals surface area contributed by atoms with Gasteiger partial charge in [-0.05, 0) is 24.5 Å². The predicted molar refractivity (Wildman–Crippen MR) is 102 cm³/mol. The zero-order valence-electron chi connectivity index (χ0n) is 14.2. The Hall–Kier alpha value is -1.86. The van der Waals surface area contributed by atoms with Crippen molar-refractivity contribution in [2.75, 3.05) is 12.9 Å². The third-order valence-corrected chi connectivity index (χ3v) is 6.80. The molecular formula is C18H19N3O2S2. The number of esters is 1. The van der Waals surface area contributed by atoms with E-state index in [0.29, 0.717) is 6.04 Å². The number of hydrogen-bond donors (Lipinski definition) is 0. The molecule has 0 spiro atoms. The second-order valence-electron chi connectivity index (χ2n) is 6.22. The molecule has 2 aliphatic rings. The fraction of sp³-hybridized carbons (Fsp3) is 0.389. The van der Waals surface area contributed by atoms with Crippen molar-refractivity contribution in [1.29, 1.82) is 0 Å². The Balaban J connectivity index is 1.57. The molecule has 1 aromatic carbocycles. The van der Waals surface area contributed by atoms with Crippen LogP contribution >= 0.6 is 23.1 Å². The monoisotopic (exact) mass is 373 g/mol. The Morgan fingerprint density at radius 1 is 1.40 bits per heavy atom. The van der Waals surface area contributed by atoms with Crippen LogP contribution in [0.2, 0.25) is 0 Å². The van der Waals surface area contributed by atoms with Gasteiger partial charge in [0, 0.05) is 23.2 Å². The normalized spacial score (nSPS) is 20.5. The minimum atomic E-state index is -0.242. The first kappa shape index (κ1) is 16.6. The average molecular weight is 374 g/mol. The Bertz CT molecular complexity index is 847. The van der Waals surface area contributed by atoms with E-state index in [-0.39, 0.29) is 12.4 Å². The molecule has 0 saturated carbocycles. The van der Waals surface area contributed by atoms with Crippen molar-refractivity contribution < 1.29 is 9.53 Å². The number of aromatic nitrogens is 1. The first-order chi connectivity index (χ1) is 12.1. The van der Waals surface area contributed by atoms with Gasteiger partial charge in [-0.1, -0.05) is 47.4 Å². The zero-order valence-corrected chi connectivity index (χ0v) is 15.8. The summed E-state index contributed by atoms with van der Waals surface area (Å²) < 4.78 is 4.75. The number of ether oxygens (including phenoxy) is 1. The number of rotatable bonds is 3. The van der Waals surface area contributed by atoms with E-state index in [1.807, 2.05) is 6.92 Å². The molecule has 3 heterocycles. The second-order valence-corrected chi connectivity index (χ2v) is 8.27. The molecule has 0 aliphatic carbocycles. The number of methoxy groups -OCH3 is 1. The topological polar surface area (TPSA) is 54.8 Å². The van der Waals surface area contributed by atoms with Gasteiger partial charge in [0.1, 0.15) is 0 Å². The number of aryl methyl sites for hydroxylation is 1. The molecule has 1 fully saturated rings. The molecule has 2 aromatic rings. The molecule has 0 N–H and O–H groups in total. The molecule has 130 valence electrons. The minimum absolute atomic E-state index is 0.242. The van der Waals surface area contributed by atoms with Crippen LogP contribution in [0.1, 0.15) is 21.7 Å². The first-order valence-electron chi connectivity index (χ1n) is 8.22. The van der Waals surface area contributed by atoms with Crippen LogP contribution in [-0.2, 0) is 28.9 Å². The quantitative estimate of drug-likeness (QED) is 0.773. The molecule has 7 heteroatoms. The standard InChI is InChI=1S/C18H19N3O2S2/c1-11-15(8-16(22)23-2)25-17(19-11)20-18-21-9-13-6-4-3-5-12(13)7-14(21)10-24-18/h3-6,14H,7-10H2,1-2H3/b20-18+/t14-/m0/s1. The van der Waals surface area contributed by atoms with Gasteiger partial charge in [-0.25, -0.2) is 4.98 Å². The number of fused-ring (bicyclic) bond motifs is 2. The molecule has 1 atom stereocenters. The molecular weight excluding hydrogens is 354 g/mol. The summed E-state index contributed by atoms with van der Waals surface area (Å²) in [4.78, 5) is 24.1. The number of nitrogens with zero attached hydrogens (tertiary/aromatic N) is 3. The van der Waals surface area contributed by atoms with Gasteiger partial charge in [0.15, 0.2) is 5.17 Å². The fourth-order valence-corrected chi connectivity index (χ4v) is 5.37. The lowest BCUT2D eigenvalue weighted by atomic mass is 9.95. The van der Waals surface area contributed by atoms with Crippen LogP contribution < -0.4 is 0 Å². The van der Waals surface area contributed by atoms with Crippen molar-refractivity contribution in [2.24, 2.45) is 4.99 Å². The van der Waals surface area contributed by atoms with E-state index in [4.69, 9.17) is 9.73 Å². The molecule has 5 nitrogen and oxygen atoms in total. The van der Waals surface area contributed by atoms with Crippen LogP contribution in [0.5, 0.6) is 0 Å². The average Bonchev–Trinajstić information content (AvgIpc) is 3.16. The number of carbonyl (C=O) groups is 1. The van der Waals surface area contributed by atoms with E-state index >= 15 is 0 Å². The maximum absolute atomic E-state index is 11.5. The maximum Gasteiger partial charge on any atom is 0.310 e. The predicted octanol–water partition coefficient (Wildman–Crippen LogP) is 3.33. The van der Waals surface area contributed by atoms with Crippen LogP contribution in [0.15, 0.2) is 29.3 Å². The summed E-state index contributed by atoms with van der Waals surface area (Å²) in [6, 6.07) is 9.16. The number of thioether (sulfide) groups is 1. The Morgan fingerprint density at radius 3 is 3.00 bits per heavy atom. The van der Waals surface area contributed by atoms with E-state index in [2.05, 4.69) is 34.1 Å². The van der Waals surface area contributed by atoms with Crippen LogP contribution in [-0.4, -0.2) is 39.9 Å². The number of hydrogen-bond acceptors (Lipinski definition) is 6. The Labute approximate surface area is 155 Å². The Kier molecular flexibility index (Phi) is 4.52. The third kappa shape index (κ3) is 3.30. The smallest absolute Gasteiger partial charge is 0.310 e. The lowest BCUT2D eigenvalue weighted by Crippen LogP contribution is -2.38. The minimum Gasteiger partial charge on any atom is -0.469 e. The highest BCUT2D eigenvalue weighted by Gasteiger charge is 2.34. The summed E-state index contributed by atoms with van der Waals surface area (Å²) in [6.07, 6.45) is 1.34. The van der Waals surface area contributed by atoms with Gasteiger partial charge in [-0.3, -0.25) is 4.79 Å². The van der Waals surface area contributed by atoms with Gasteiger partial charge in [-0.2, -0.15) is 4.99 Å². The van der Waals surface area contributed by atoms with Gasteiger partial charge in [0.25, 0.3) is 0 Å². The summed E-state index contributed by atoms with van der Waals surface area (Å²) in [5.41, 5.74) is 3.70. The summed E-state index contributed by atoms with van der Waals surface area (Å²) >= 11 is 3.27. The number of amidine groups is 1.